The molecule has 2 aliphatic heterocycles. The minimum absolute atomic E-state index is 0.0329. The first kappa shape index (κ1) is 18.5. The van der Waals surface area contributed by atoms with Crippen molar-refractivity contribution in [2.75, 3.05) is 39.8 Å². The summed E-state index contributed by atoms with van der Waals surface area (Å²) < 4.78 is 11.1. The molecule has 6 nitrogen and oxygen atoms in total. The molecule has 0 spiro atoms. The zero-order valence-electron chi connectivity index (χ0n) is 14.6. The summed E-state index contributed by atoms with van der Waals surface area (Å²) in [6, 6.07) is 5.66. The third-order valence-electron chi connectivity index (χ3n) is 4.97. The summed E-state index contributed by atoms with van der Waals surface area (Å²) in [5.74, 6) is 0.950. The molecule has 25 heavy (non-hydrogen) atoms. The lowest BCUT2D eigenvalue weighted by atomic mass is 10.1. The molecule has 0 bridgehead atoms. The van der Waals surface area contributed by atoms with E-state index >= 15 is 0 Å². The number of methoxy groups -OCH3 is 1. The van der Waals surface area contributed by atoms with Gasteiger partial charge in [-0.3, -0.25) is 9.69 Å². The molecule has 2 aliphatic rings. The summed E-state index contributed by atoms with van der Waals surface area (Å²) in [7, 11) is 1.67. The predicted octanol–water partition coefficient (Wildman–Crippen LogP) is 1.50. The zero-order chi connectivity index (χ0) is 17.8. The molecule has 0 aromatic heterocycles. The normalized spacial score (nSPS) is 24.5. The number of nitrogens with two attached hydrogens (primary N) is 1. The van der Waals surface area contributed by atoms with Crippen molar-refractivity contribution in [3.8, 4) is 5.75 Å². The van der Waals surface area contributed by atoms with Gasteiger partial charge >= 0.3 is 0 Å². The molecule has 1 aromatic carbocycles. The van der Waals surface area contributed by atoms with Crippen LogP contribution >= 0.6 is 11.6 Å². The van der Waals surface area contributed by atoms with Crippen LogP contribution in [0.2, 0.25) is 5.02 Å². The zero-order valence-corrected chi connectivity index (χ0v) is 15.4. The average Bonchev–Trinajstić information content (AvgIpc) is 3.11. The van der Waals surface area contributed by atoms with Gasteiger partial charge in [0.25, 0.3) is 5.91 Å². The van der Waals surface area contributed by atoms with E-state index < -0.39 is 0 Å². The highest BCUT2D eigenvalue weighted by Crippen LogP contribution is 2.25. The predicted molar refractivity (Wildman–Crippen MR) is 96.8 cm³/mol. The third kappa shape index (κ3) is 4.44. The van der Waals surface area contributed by atoms with Gasteiger partial charge in [-0.15, -0.1) is 0 Å². The molecule has 0 saturated carbocycles. The fraction of sp³-hybridized carbons (Fsp3) is 0.611. The SMILES string of the molecule is COc1ccc(Cl)cc1CN1CCN(C(=O)[C@@H]2CC[C@H](CN)O2)CC1. The van der Waals surface area contributed by atoms with Crippen LogP contribution in [0.5, 0.6) is 5.75 Å². The lowest BCUT2D eigenvalue weighted by Crippen LogP contribution is -2.51. The number of amides is 1. The quantitative estimate of drug-likeness (QED) is 0.854. The number of piperazine rings is 1. The van der Waals surface area contributed by atoms with E-state index in [0.29, 0.717) is 11.6 Å². The molecule has 138 valence electrons. The smallest absolute Gasteiger partial charge is 0.251 e. The van der Waals surface area contributed by atoms with Crippen LogP contribution in [0.4, 0.5) is 0 Å². The van der Waals surface area contributed by atoms with E-state index in [4.69, 9.17) is 26.8 Å². The topological polar surface area (TPSA) is 68.0 Å². The van der Waals surface area contributed by atoms with E-state index in [9.17, 15) is 4.79 Å². The first-order valence-corrected chi connectivity index (χ1v) is 9.17. The van der Waals surface area contributed by atoms with E-state index in [-0.39, 0.29) is 18.1 Å². The van der Waals surface area contributed by atoms with Gasteiger partial charge in [-0.1, -0.05) is 11.6 Å². The van der Waals surface area contributed by atoms with E-state index in [0.717, 1.165) is 56.9 Å². The molecule has 0 aliphatic carbocycles. The van der Waals surface area contributed by atoms with Crippen molar-refractivity contribution in [2.45, 2.75) is 31.6 Å². The molecule has 2 heterocycles. The van der Waals surface area contributed by atoms with Crippen molar-refractivity contribution >= 4 is 17.5 Å². The number of nitrogens with zero attached hydrogens (tertiary/aromatic N) is 2. The molecule has 0 radical (unpaired) electrons. The number of carbonyl (C=O) groups excluding carboxylic acids is 1. The second-order valence-corrected chi connectivity index (χ2v) is 7.05. The Labute approximate surface area is 153 Å². The number of benzene rings is 1. The highest BCUT2D eigenvalue weighted by Gasteiger charge is 2.34. The summed E-state index contributed by atoms with van der Waals surface area (Å²) >= 11 is 6.10. The number of ether oxygens (including phenoxy) is 2. The van der Waals surface area contributed by atoms with Crippen LogP contribution in [-0.2, 0) is 16.1 Å². The Morgan fingerprint density at radius 1 is 1.32 bits per heavy atom. The third-order valence-corrected chi connectivity index (χ3v) is 5.20. The highest BCUT2D eigenvalue weighted by molar-refractivity contribution is 6.30. The molecule has 2 atom stereocenters. The van der Waals surface area contributed by atoms with Gasteiger partial charge in [0.05, 0.1) is 13.2 Å². The second kappa shape index (κ2) is 8.36. The van der Waals surface area contributed by atoms with Gasteiger partial charge in [0.1, 0.15) is 11.9 Å². The molecule has 2 N–H and O–H groups in total. The minimum atomic E-state index is -0.312. The number of hydrogen-bond acceptors (Lipinski definition) is 5. The van der Waals surface area contributed by atoms with Gasteiger partial charge in [0.2, 0.25) is 0 Å². The molecule has 7 heteroatoms. The molecule has 1 aromatic rings. The van der Waals surface area contributed by atoms with Crippen LogP contribution in [0.3, 0.4) is 0 Å². The van der Waals surface area contributed by atoms with Gasteiger partial charge in [-0.05, 0) is 31.0 Å². The number of carbonyl (C=O) groups is 1. The van der Waals surface area contributed by atoms with Crippen molar-refractivity contribution in [3.05, 3.63) is 28.8 Å². The number of rotatable bonds is 5. The Morgan fingerprint density at radius 2 is 2.08 bits per heavy atom. The Balaban J connectivity index is 1.52. The molecule has 2 fully saturated rings. The Morgan fingerprint density at radius 3 is 2.72 bits per heavy atom. The summed E-state index contributed by atoms with van der Waals surface area (Å²) in [5.41, 5.74) is 6.69. The minimum Gasteiger partial charge on any atom is -0.496 e. The maximum Gasteiger partial charge on any atom is 0.251 e. The standard InChI is InChI=1S/C18H26ClN3O3/c1-24-16-4-2-14(19)10-13(16)12-21-6-8-22(9-7-21)18(23)17-5-3-15(11-20)25-17/h2,4,10,15,17H,3,5-9,11-12,20H2,1H3/t15-,17+/m1/s1. The summed E-state index contributed by atoms with van der Waals surface area (Å²) in [4.78, 5) is 16.8. The van der Waals surface area contributed by atoms with Gasteiger partial charge < -0.3 is 20.1 Å². The van der Waals surface area contributed by atoms with E-state index in [1.807, 2.05) is 23.1 Å². The monoisotopic (exact) mass is 367 g/mol. The lowest BCUT2D eigenvalue weighted by Gasteiger charge is -2.36. The molecular weight excluding hydrogens is 342 g/mol. The van der Waals surface area contributed by atoms with Gasteiger partial charge in [0, 0.05) is 49.9 Å². The summed E-state index contributed by atoms with van der Waals surface area (Å²) in [5, 5.41) is 0.706. The van der Waals surface area contributed by atoms with Crippen LogP contribution < -0.4 is 10.5 Å². The number of halogens is 1. The maximum atomic E-state index is 12.6. The largest absolute Gasteiger partial charge is 0.496 e. The highest BCUT2D eigenvalue weighted by atomic mass is 35.5. The van der Waals surface area contributed by atoms with Crippen LogP contribution in [0.25, 0.3) is 0 Å². The fourth-order valence-corrected chi connectivity index (χ4v) is 3.70. The van der Waals surface area contributed by atoms with Crippen LogP contribution in [0, 0.1) is 0 Å². The lowest BCUT2D eigenvalue weighted by molar-refractivity contribution is -0.144. The van der Waals surface area contributed by atoms with E-state index in [1.54, 1.807) is 7.11 Å². The average molecular weight is 368 g/mol. The van der Waals surface area contributed by atoms with E-state index in [1.165, 1.54) is 0 Å². The second-order valence-electron chi connectivity index (χ2n) is 6.62. The Kier molecular flexibility index (Phi) is 6.17. The summed E-state index contributed by atoms with van der Waals surface area (Å²) in [6.45, 7) is 4.34. The van der Waals surface area contributed by atoms with Crippen molar-refractivity contribution in [2.24, 2.45) is 5.73 Å². The molecular formula is C18H26ClN3O3. The Hall–Kier alpha value is -1.34. The first-order valence-electron chi connectivity index (χ1n) is 8.79. The summed E-state index contributed by atoms with van der Waals surface area (Å²) in [6.07, 6.45) is 1.38. The fourth-order valence-electron chi connectivity index (χ4n) is 3.50. The van der Waals surface area contributed by atoms with Gasteiger partial charge in [-0.25, -0.2) is 0 Å². The first-order chi connectivity index (χ1) is 12.1. The van der Waals surface area contributed by atoms with Crippen molar-refractivity contribution < 1.29 is 14.3 Å². The van der Waals surface area contributed by atoms with Crippen LogP contribution in [0.1, 0.15) is 18.4 Å². The molecule has 3 rings (SSSR count). The molecule has 0 unspecified atom stereocenters. The van der Waals surface area contributed by atoms with Crippen molar-refractivity contribution in [3.63, 3.8) is 0 Å². The Bertz CT molecular complexity index is 605. The van der Waals surface area contributed by atoms with Gasteiger partial charge in [0.15, 0.2) is 0 Å². The molecule has 1 amide bonds. The van der Waals surface area contributed by atoms with Crippen molar-refractivity contribution in [1.29, 1.82) is 0 Å². The van der Waals surface area contributed by atoms with Crippen LogP contribution in [-0.4, -0.2) is 67.7 Å². The molecule has 2 saturated heterocycles. The van der Waals surface area contributed by atoms with E-state index in [2.05, 4.69) is 4.90 Å². The number of hydrogen-bond donors (Lipinski definition) is 1. The van der Waals surface area contributed by atoms with Gasteiger partial charge in [-0.2, -0.15) is 0 Å². The van der Waals surface area contributed by atoms with Crippen LogP contribution in [0.15, 0.2) is 18.2 Å². The maximum absolute atomic E-state index is 12.6. The van der Waals surface area contributed by atoms with Crippen molar-refractivity contribution in [1.82, 2.24) is 9.80 Å².